The number of amides is 1. The van der Waals surface area contributed by atoms with Crippen LogP contribution in [-0.2, 0) is 4.79 Å². The van der Waals surface area contributed by atoms with Gasteiger partial charge in [-0.05, 0) is 31.7 Å². The van der Waals surface area contributed by atoms with Crippen molar-refractivity contribution < 1.29 is 14.0 Å². The standard InChI is InChI=1S/C20H34N4O3S/c1-20(2,3)13-16(24(14-25)15-9-7-5-6-8-10-15)17(26)18-22-23-19(27-18)28-12-11-21-4/h14-16,21H,5-13H2,1-4H3/t16-/m0/s1. The predicted molar refractivity (Wildman–Crippen MR) is 111 cm³/mol. The number of carbonyl (C=O) groups excluding carboxylic acids is 2. The molecule has 1 aliphatic rings. The van der Waals surface area contributed by atoms with Crippen LogP contribution < -0.4 is 5.32 Å². The van der Waals surface area contributed by atoms with Gasteiger partial charge in [-0.3, -0.25) is 9.59 Å². The molecule has 1 saturated carbocycles. The van der Waals surface area contributed by atoms with Crippen molar-refractivity contribution in [2.75, 3.05) is 19.3 Å². The maximum Gasteiger partial charge on any atom is 0.286 e. The molecule has 0 radical (unpaired) electrons. The van der Waals surface area contributed by atoms with E-state index in [0.717, 1.165) is 44.4 Å². The van der Waals surface area contributed by atoms with E-state index in [4.69, 9.17) is 4.42 Å². The second-order valence-electron chi connectivity index (χ2n) is 8.67. The van der Waals surface area contributed by atoms with Crippen molar-refractivity contribution in [2.45, 2.75) is 83.0 Å². The molecule has 8 heteroatoms. The fraction of sp³-hybridized carbons (Fsp3) is 0.800. The lowest BCUT2D eigenvalue weighted by molar-refractivity contribution is -0.122. The summed E-state index contributed by atoms with van der Waals surface area (Å²) >= 11 is 1.41. The predicted octanol–water partition coefficient (Wildman–Crippen LogP) is 3.55. The highest BCUT2D eigenvalue weighted by molar-refractivity contribution is 7.99. The highest BCUT2D eigenvalue weighted by atomic mass is 32.2. The number of thioether (sulfide) groups is 1. The maximum atomic E-state index is 13.3. The average molecular weight is 411 g/mol. The normalized spacial score (nSPS) is 17.1. The number of rotatable bonds is 10. The minimum Gasteiger partial charge on any atom is -0.408 e. The molecule has 158 valence electrons. The second-order valence-corrected chi connectivity index (χ2v) is 9.71. The van der Waals surface area contributed by atoms with E-state index < -0.39 is 6.04 Å². The van der Waals surface area contributed by atoms with E-state index in [-0.39, 0.29) is 23.1 Å². The molecule has 1 N–H and O–H groups in total. The highest BCUT2D eigenvalue weighted by Gasteiger charge is 2.36. The third-order valence-corrected chi connectivity index (χ3v) is 5.85. The fourth-order valence-corrected chi connectivity index (χ4v) is 4.35. The topological polar surface area (TPSA) is 88.3 Å². The van der Waals surface area contributed by atoms with Crippen molar-refractivity contribution in [3.63, 3.8) is 0 Å². The van der Waals surface area contributed by atoms with Gasteiger partial charge in [-0.1, -0.05) is 58.2 Å². The molecule has 1 aromatic rings. The summed E-state index contributed by atoms with van der Waals surface area (Å²) in [6, 6.07) is -0.472. The Hall–Kier alpha value is -1.41. The van der Waals surface area contributed by atoms with Crippen LogP contribution in [0.25, 0.3) is 0 Å². The number of carbonyl (C=O) groups is 2. The van der Waals surface area contributed by atoms with E-state index in [0.29, 0.717) is 11.6 Å². The van der Waals surface area contributed by atoms with Crippen molar-refractivity contribution in [1.82, 2.24) is 20.4 Å². The zero-order valence-corrected chi connectivity index (χ0v) is 18.4. The highest BCUT2D eigenvalue weighted by Crippen LogP contribution is 2.30. The van der Waals surface area contributed by atoms with Gasteiger partial charge in [0, 0.05) is 18.3 Å². The molecule has 28 heavy (non-hydrogen) atoms. The van der Waals surface area contributed by atoms with Crippen molar-refractivity contribution in [3.8, 4) is 0 Å². The summed E-state index contributed by atoms with van der Waals surface area (Å²) in [6.07, 6.45) is 7.88. The van der Waals surface area contributed by atoms with Crippen molar-refractivity contribution >= 4 is 24.0 Å². The van der Waals surface area contributed by atoms with Crippen LogP contribution in [0.3, 0.4) is 0 Å². The molecule has 0 bridgehead atoms. The number of aromatic nitrogens is 2. The Balaban J connectivity index is 2.20. The summed E-state index contributed by atoms with van der Waals surface area (Å²) in [7, 11) is 1.88. The maximum absolute atomic E-state index is 13.3. The molecule has 1 aromatic heterocycles. The van der Waals surface area contributed by atoms with E-state index in [1.165, 1.54) is 24.6 Å². The van der Waals surface area contributed by atoms with Crippen LogP contribution >= 0.6 is 11.8 Å². The molecular weight excluding hydrogens is 376 g/mol. The first-order valence-electron chi connectivity index (χ1n) is 10.2. The van der Waals surface area contributed by atoms with Gasteiger partial charge in [0.15, 0.2) is 0 Å². The zero-order valence-electron chi connectivity index (χ0n) is 17.6. The zero-order chi connectivity index (χ0) is 20.6. The van der Waals surface area contributed by atoms with Crippen LogP contribution in [0.5, 0.6) is 0 Å². The van der Waals surface area contributed by atoms with Gasteiger partial charge in [0.25, 0.3) is 11.1 Å². The summed E-state index contributed by atoms with van der Waals surface area (Å²) in [6.45, 7) is 7.05. The molecule has 0 saturated heterocycles. The molecule has 2 rings (SSSR count). The minimum absolute atomic E-state index is 0.00156. The number of Topliss-reactive ketones (excluding diaryl/α,β-unsaturated/α-hetero) is 1. The molecule has 0 aromatic carbocycles. The van der Waals surface area contributed by atoms with Crippen molar-refractivity contribution in [1.29, 1.82) is 0 Å². The third-order valence-electron chi connectivity index (χ3n) is 5.03. The van der Waals surface area contributed by atoms with Crippen LogP contribution in [-0.4, -0.2) is 58.7 Å². The Labute approximate surface area is 172 Å². The van der Waals surface area contributed by atoms with Crippen LogP contribution in [0.4, 0.5) is 0 Å². The Morgan fingerprint density at radius 1 is 1.29 bits per heavy atom. The van der Waals surface area contributed by atoms with E-state index in [1.54, 1.807) is 4.90 Å². The molecule has 0 unspecified atom stereocenters. The summed E-state index contributed by atoms with van der Waals surface area (Å²) in [5.74, 6) is 0.529. The fourth-order valence-electron chi connectivity index (χ4n) is 3.63. The summed E-state index contributed by atoms with van der Waals surface area (Å²) < 4.78 is 5.61. The molecule has 1 heterocycles. The lowest BCUT2D eigenvalue weighted by Crippen LogP contribution is -2.48. The van der Waals surface area contributed by atoms with Crippen LogP contribution in [0.2, 0.25) is 0 Å². The van der Waals surface area contributed by atoms with E-state index in [9.17, 15) is 9.59 Å². The lowest BCUT2D eigenvalue weighted by atomic mass is 9.85. The van der Waals surface area contributed by atoms with Gasteiger partial charge in [-0.25, -0.2) is 0 Å². The first kappa shape index (κ1) is 22.9. The van der Waals surface area contributed by atoms with E-state index >= 15 is 0 Å². The third kappa shape index (κ3) is 6.88. The number of nitrogens with zero attached hydrogens (tertiary/aromatic N) is 3. The molecule has 1 aliphatic carbocycles. The quantitative estimate of drug-likeness (QED) is 0.207. The molecule has 7 nitrogen and oxygen atoms in total. The number of ketones is 1. The van der Waals surface area contributed by atoms with Crippen LogP contribution in [0, 0.1) is 5.41 Å². The summed E-state index contributed by atoms with van der Waals surface area (Å²) in [5.41, 5.74) is -0.114. The van der Waals surface area contributed by atoms with Gasteiger partial charge in [-0.2, -0.15) is 0 Å². The Morgan fingerprint density at radius 3 is 2.54 bits per heavy atom. The number of hydrogen-bond acceptors (Lipinski definition) is 7. The largest absolute Gasteiger partial charge is 0.408 e. The first-order chi connectivity index (χ1) is 13.4. The molecule has 0 aliphatic heterocycles. The molecule has 0 spiro atoms. The smallest absolute Gasteiger partial charge is 0.286 e. The van der Waals surface area contributed by atoms with Crippen molar-refractivity contribution in [3.05, 3.63) is 5.89 Å². The number of hydrogen-bond donors (Lipinski definition) is 1. The van der Waals surface area contributed by atoms with Crippen molar-refractivity contribution in [2.24, 2.45) is 5.41 Å². The van der Waals surface area contributed by atoms with Gasteiger partial charge >= 0.3 is 0 Å². The Bertz CT molecular complexity index is 621. The summed E-state index contributed by atoms with van der Waals surface area (Å²) in [4.78, 5) is 27.1. The van der Waals surface area contributed by atoms with Gasteiger partial charge in [0.1, 0.15) is 6.04 Å². The van der Waals surface area contributed by atoms with E-state index in [1.807, 2.05) is 7.05 Å². The molecular formula is C20H34N4O3S. The first-order valence-corrected chi connectivity index (χ1v) is 11.2. The van der Waals surface area contributed by atoms with E-state index in [2.05, 4.69) is 36.3 Å². The van der Waals surface area contributed by atoms with Crippen LogP contribution in [0.1, 0.15) is 76.4 Å². The second kappa shape index (κ2) is 11.0. The molecule has 1 amide bonds. The monoisotopic (exact) mass is 410 g/mol. The van der Waals surface area contributed by atoms with Gasteiger partial charge in [-0.15, -0.1) is 10.2 Å². The lowest BCUT2D eigenvalue weighted by Gasteiger charge is -2.36. The van der Waals surface area contributed by atoms with Gasteiger partial charge in [0.2, 0.25) is 12.2 Å². The minimum atomic E-state index is -0.573. The van der Waals surface area contributed by atoms with Crippen LogP contribution in [0.15, 0.2) is 9.64 Å². The Kier molecular flexibility index (Phi) is 8.95. The molecule has 1 atom stereocenters. The Morgan fingerprint density at radius 2 is 1.96 bits per heavy atom. The van der Waals surface area contributed by atoms with Gasteiger partial charge < -0.3 is 14.6 Å². The molecule has 1 fully saturated rings. The SMILES string of the molecule is CNCCSc1nnc(C(=O)[C@H](CC(C)(C)C)N(C=O)C2CCCCCC2)o1. The summed E-state index contributed by atoms with van der Waals surface area (Å²) in [5, 5.41) is 11.4. The van der Waals surface area contributed by atoms with Gasteiger partial charge in [0.05, 0.1) is 0 Å². The number of nitrogens with one attached hydrogen (secondary N) is 1. The average Bonchev–Trinajstić information content (AvgIpc) is 2.95.